The van der Waals surface area contributed by atoms with Crippen molar-refractivity contribution in [2.24, 2.45) is 5.92 Å². The second-order valence-electron chi connectivity index (χ2n) is 6.21. The highest BCUT2D eigenvalue weighted by Crippen LogP contribution is 2.32. The first-order valence-electron chi connectivity index (χ1n) is 7.93. The van der Waals surface area contributed by atoms with Crippen molar-refractivity contribution in [1.29, 1.82) is 0 Å². The van der Waals surface area contributed by atoms with Crippen LogP contribution in [0.3, 0.4) is 0 Å². The van der Waals surface area contributed by atoms with Crippen LogP contribution >= 0.6 is 0 Å². The number of nitrogens with zero attached hydrogens (tertiary/aromatic N) is 1. The van der Waals surface area contributed by atoms with Crippen LogP contribution in [-0.4, -0.2) is 25.9 Å². The molecule has 2 unspecified atom stereocenters. The second kappa shape index (κ2) is 8.10. The smallest absolute Gasteiger partial charge is 0.416 e. The molecule has 0 fully saturated rings. The van der Waals surface area contributed by atoms with E-state index >= 15 is 0 Å². The first-order chi connectivity index (χ1) is 12.5. The molecular formula is C18H18F3NO4S. The molecule has 27 heavy (non-hydrogen) atoms. The van der Waals surface area contributed by atoms with Gasteiger partial charge in [0.1, 0.15) is 6.04 Å². The van der Waals surface area contributed by atoms with E-state index in [1.807, 2.05) is 0 Å². The van der Waals surface area contributed by atoms with Crippen LogP contribution < -0.4 is 4.31 Å². The van der Waals surface area contributed by atoms with Gasteiger partial charge >= 0.3 is 12.1 Å². The summed E-state index contributed by atoms with van der Waals surface area (Å²) in [5.41, 5.74) is 0.580. The number of carbonyl (C=O) groups is 1. The predicted octanol–water partition coefficient (Wildman–Crippen LogP) is 4.42. The van der Waals surface area contributed by atoms with E-state index in [2.05, 4.69) is 0 Å². The molecule has 0 saturated heterocycles. The molecule has 2 aromatic carbocycles. The average Bonchev–Trinajstić information content (AvgIpc) is 2.58. The van der Waals surface area contributed by atoms with Crippen LogP contribution in [0.2, 0.25) is 0 Å². The number of halogens is 3. The van der Waals surface area contributed by atoms with Crippen molar-refractivity contribution < 1.29 is 31.8 Å². The molecule has 0 saturated carbocycles. The Kier molecular flexibility index (Phi) is 6.27. The first-order valence-corrected chi connectivity index (χ1v) is 8.99. The van der Waals surface area contributed by atoms with Crippen molar-refractivity contribution in [3.63, 3.8) is 0 Å². The summed E-state index contributed by atoms with van der Waals surface area (Å²) in [5, 5.41) is 9.37. The predicted molar refractivity (Wildman–Crippen MR) is 96.4 cm³/mol. The molecule has 2 rings (SSSR count). The van der Waals surface area contributed by atoms with Crippen LogP contribution in [0.15, 0.2) is 48.5 Å². The monoisotopic (exact) mass is 401 g/mol. The van der Waals surface area contributed by atoms with Crippen LogP contribution in [0.1, 0.15) is 19.4 Å². The minimum atomic E-state index is -4.42. The molecule has 0 heterocycles. The highest BCUT2D eigenvalue weighted by Gasteiger charge is 2.33. The van der Waals surface area contributed by atoms with Gasteiger partial charge in [-0.25, -0.2) is 9.00 Å². The fourth-order valence-corrected chi connectivity index (χ4v) is 3.49. The zero-order valence-corrected chi connectivity index (χ0v) is 15.3. The van der Waals surface area contributed by atoms with E-state index in [0.29, 0.717) is 11.1 Å². The lowest BCUT2D eigenvalue weighted by Crippen LogP contribution is -2.45. The van der Waals surface area contributed by atoms with Gasteiger partial charge in [0.05, 0.1) is 11.3 Å². The average molecular weight is 401 g/mol. The maximum Gasteiger partial charge on any atom is 0.416 e. The standard InChI is InChI=1S/C18H18F3NO4S/c1-11(2)16(17(23)24)22(27(25)26)15-9-5-13(6-10-15)12-3-7-14(8-4-12)18(19,20)21/h3-11,16H,1-2H3,(H,23,24)(H,25,26). The summed E-state index contributed by atoms with van der Waals surface area (Å²) < 4.78 is 60.1. The Hall–Kier alpha value is -2.39. The van der Waals surface area contributed by atoms with Crippen LogP contribution in [0.5, 0.6) is 0 Å². The molecule has 2 aromatic rings. The van der Waals surface area contributed by atoms with Gasteiger partial charge in [0.2, 0.25) is 0 Å². The van der Waals surface area contributed by atoms with Crippen LogP contribution in [-0.2, 0) is 22.2 Å². The Morgan fingerprint density at radius 2 is 1.44 bits per heavy atom. The van der Waals surface area contributed by atoms with Crippen molar-refractivity contribution in [3.8, 4) is 11.1 Å². The summed E-state index contributed by atoms with van der Waals surface area (Å²) in [6.45, 7) is 3.24. The Morgan fingerprint density at radius 3 is 1.78 bits per heavy atom. The normalized spacial score (nSPS) is 14.0. The number of hydrogen-bond acceptors (Lipinski definition) is 2. The lowest BCUT2D eigenvalue weighted by molar-refractivity contribution is -0.139. The van der Waals surface area contributed by atoms with E-state index in [0.717, 1.165) is 16.4 Å². The van der Waals surface area contributed by atoms with E-state index in [1.165, 1.54) is 24.3 Å². The molecule has 2 N–H and O–H groups in total. The van der Waals surface area contributed by atoms with Gasteiger partial charge in [-0.05, 0) is 41.3 Å². The topological polar surface area (TPSA) is 77.8 Å². The number of rotatable bonds is 6. The third-order valence-corrected chi connectivity index (χ3v) is 4.75. The van der Waals surface area contributed by atoms with Crippen molar-refractivity contribution in [2.45, 2.75) is 26.1 Å². The number of carboxylic acid groups (broad SMARTS) is 1. The van der Waals surface area contributed by atoms with E-state index in [4.69, 9.17) is 0 Å². The summed E-state index contributed by atoms with van der Waals surface area (Å²) in [6, 6.07) is 9.40. The molecule has 0 aliphatic rings. The summed E-state index contributed by atoms with van der Waals surface area (Å²) in [5.74, 6) is -1.67. The molecule has 0 aliphatic heterocycles. The third-order valence-electron chi connectivity index (χ3n) is 3.97. The van der Waals surface area contributed by atoms with Crippen molar-refractivity contribution in [2.75, 3.05) is 4.31 Å². The molecule has 0 radical (unpaired) electrons. The first kappa shape index (κ1) is 20.9. The summed E-state index contributed by atoms with van der Waals surface area (Å²) >= 11 is -2.56. The highest BCUT2D eigenvalue weighted by atomic mass is 32.2. The lowest BCUT2D eigenvalue weighted by atomic mass is 10.0. The van der Waals surface area contributed by atoms with Gasteiger partial charge in [-0.1, -0.05) is 38.1 Å². The van der Waals surface area contributed by atoms with Crippen LogP contribution in [0, 0.1) is 5.92 Å². The zero-order chi connectivity index (χ0) is 20.4. The van der Waals surface area contributed by atoms with E-state index in [9.17, 15) is 31.8 Å². The van der Waals surface area contributed by atoms with Crippen molar-refractivity contribution in [3.05, 3.63) is 54.1 Å². The minimum absolute atomic E-state index is 0.215. The van der Waals surface area contributed by atoms with E-state index < -0.39 is 40.9 Å². The fourth-order valence-electron chi connectivity index (χ4n) is 2.66. The summed E-state index contributed by atoms with van der Waals surface area (Å²) in [6.07, 6.45) is -4.42. The van der Waals surface area contributed by atoms with Crippen LogP contribution in [0.25, 0.3) is 11.1 Å². The Morgan fingerprint density at radius 1 is 1.00 bits per heavy atom. The van der Waals surface area contributed by atoms with Gasteiger partial charge in [-0.2, -0.15) is 13.2 Å². The van der Waals surface area contributed by atoms with Crippen molar-refractivity contribution in [1.82, 2.24) is 0 Å². The maximum absolute atomic E-state index is 12.6. The number of alkyl halides is 3. The van der Waals surface area contributed by atoms with Gasteiger partial charge in [0.15, 0.2) is 0 Å². The molecule has 146 valence electrons. The number of carboxylic acids is 1. The minimum Gasteiger partial charge on any atom is -0.480 e. The summed E-state index contributed by atoms with van der Waals surface area (Å²) in [7, 11) is 0. The van der Waals surface area contributed by atoms with Gasteiger partial charge < -0.3 is 5.11 Å². The molecule has 5 nitrogen and oxygen atoms in total. The third kappa shape index (κ3) is 4.86. The van der Waals surface area contributed by atoms with Gasteiger partial charge in [-0.15, -0.1) is 0 Å². The largest absolute Gasteiger partial charge is 0.480 e. The van der Waals surface area contributed by atoms with Crippen molar-refractivity contribution >= 4 is 22.9 Å². The van der Waals surface area contributed by atoms with E-state index in [1.54, 1.807) is 26.0 Å². The van der Waals surface area contributed by atoms with Gasteiger partial charge in [-0.3, -0.25) is 8.86 Å². The SMILES string of the molecule is CC(C)C(C(=O)O)N(c1ccc(-c2ccc(C(F)(F)F)cc2)cc1)S(=O)O. The number of anilines is 1. The molecule has 0 aliphatic carbocycles. The fraction of sp³-hybridized carbons (Fsp3) is 0.278. The number of benzene rings is 2. The second-order valence-corrected chi connectivity index (χ2v) is 7.06. The molecule has 0 amide bonds. The zero-order valence-electron chi connectivity index (χ0n) is 14.5. The molecule has 0 spiro atoms. The van der Waals surface area contributed by atoms with Gasteiger partial charge in [0, 0.05) is 0 Å². The molecule has 0 aromatic heterocycles. The van der Waals surface area contributed by atoms with E-state index in [-0.39, 0.29) is 5.69 Å². The molecule has 0 bridgehead atoms. The number of aliphatic carboxylic acids is 1. The van der Waals surface area contributed by atoms with Gasteiger partial charge in [0.25, 0.3) is 11.3 Å². The Bertz CT molecular complexity index is 820. The van der Waals surface area contributed by atoms with Crippen LogP contribution in [0.4, 0.5) is 18.9 Å². The molecule has 9 heteroatoms. The Balaban J connectivity index is 2.34. The lowest BCUT2D eigenvalue weighted by Gasteiger charge is -2.29. The number of hydrogen-bond donors (Lipinski definition) is 2. The molecular weight excluding hydrogens is 383 g/mol. The molecule has 2 atom stereocenters. The highest BCUT2D eigenvalue weighted by molar-refractivity contribution is 7.80. The maximum atomic E-state index is 12.6. The Labute approximate surface area is 156 Å². The quantitative estimate of drug-likeness (QED) is 0.703. The summed E-state index contributed by atoms with van der Waals surface area (Å²) in [4.78, 5) is 11.5.